The number of nitrogens with one attached hydrogen (secondary N) is 1. The number of hydrogen-bond donors (Lipinski definition) is 1. The molecule has 0 aromatic heterocycles. The van der Waals surface area contributed by atoms with Gasteiger partial charge in [-0.25, -0.2) is 0 Å². The molecule has 2 rings (SSSR count). The van der Waals surface area contributed by atoms with Crippen LogP contribution >= 0.6 is 11.6 Å². The molecule has 5 nitrogen and oxygen atoms in total. The molecular formula is C20H24ClNO4. The van der Waals surface area contributed by atoms with Crippen LogP contribution in [0.3, 0.4) is 0 Å². The molecular weight excluding hydrogens is 354 g/mol. The van der Waals surface area contributed by atoms with E-state index >= 15 is 0 Å². The van der Waals surface area contributed by atoms with Crippen LogP contribution in [0.15, 0.2) is 42.5 Å². The first-order valence-corrected chi connectivity index (χ1v) is 9.08. The second kappa shape index (κ2) is 10.6. The van der Waals surface area contributed by atoms with Crippen molar-refractivity contribution < 1.29 is 19.0 Å². The Kier molecular flexibility index (Phi) is 8.09. The van der Waals surface area contributed by atoms with Crippen molar-refractivity contribution in [2.24, 2.45) is 0 Å². The van der Waals surface area contributed by atoms with Crippen LogP contribution in [0.1, 0.15) is 30.6 Å². The van der Waals surface area contributed by atoms with Crippen LogP contribution in [0.5, 0.6) is 17.2 Å². The van der Waals surface area contributed by atoms with Crippen molar-refractivity contribution in [3.63, 3.8) is 0 Å². The van der Waals surface area contributed by atoms with Crippen LogP contribution < -0.4 is 19.5 Å². The maximum absolute atomic E-state index is 12.4. The average Bonchev–Trinajstić information content (AvgIpc) is 2.65. The summed E-state index contributed by atoms with van der Waals surface area (Å²) in [5.41, 5.74) is 0.419. The molecule has 1 amide bonds. The molecule has 0 saturated carbocycles. The summed E-state index contributed by atoms with van der Waals surface area (Å²) < 4.78 is 16.8. The number of carbonyl (C=O) groups excluding carboxylic acids is 1. The standard InChI is InChI=1S/C20H24ClNO4/c1-3-11-26-19-17(21)13-15(14-18(19)24-4-2)20(23)22-10-12-25-16-8-6-5-7-9-16/h5-9,13-14H,3-4,10-12H2,1-2H3,(H,22,23). The number of hydrogen-bond acceptors (Lipinski definition) is 4. The van der Waals surface area contributed by atoms with E-state index in [-0.39, 0.29) is 5.91 Å². The van der Waals surface area contributed by atoms with Gasteiger partial charge in [-0.05, 0) is 37.6 Å². The molecule has 0 aliphatic carbocycles. The summed E-state index contributed by atoms with van der Waals surface area (Å²) in [6, 6.07) is 12.7. The van der Waals surface area contributed by atoms with Crippen LogP contribution in [-0.2, 0) is 0 Å². The second-order valence-electron chi connectivity index (χ2n) is 5.48. The van der Waals surface area contributed by atoms with Gasteiger partial charge in [-0.2, -0.15) is 0 Å². The molecule has 0 radical (unpaired) electrons. The Morgan fingerprint density at radius 3 is 2.50 bits per heavy atom. The largest absolute Gasteiger partial charge is 0.492 e. The van der Waals surface area contributed by atoms with Crippen molar-refractivity contribution in [2.45, 2.75) is 20.3 Å². The molecule has 0 fully saturated rings. The first kappa shape index (κ1) is 19.9. The molecule has 140 valence electrons. The minimum atomic E-state index is -0.244. The van der Waals surface area contributed by atoms with Crippen LogP contribution in [-0.4, -0.2) is 32.3 Å². The number of para-hydroxylation sites is 1. The van der Waals surface area contributed by atoms with Gasteiger partial charge in [0.2, 0.25) is 0 Å². The van der Waals surface area contributed by atoms with Gasteiger partial charge < -0.3 is 19.5 Å². The van der Waals surface area contributed by atoms with Crippen molar-refractivity contribution in [1.29, 1.82) is 0 Å². The Labute approximate surface area is 159 Å². The lowest BCUT2D eigenvalue weighted by Gasteiger charge is -2.15. The zero-order valence-corrected chi connectivity index (χ0v) is 15.8. The highest BCUT2D eigenvalue weighted by molar-refractivity contribution is 6.32. The Bertz CT molecular complexity index is 706. The molecule has 1 N–H and O–H groups in total. The third-order valence-corrected chi connectivity index (χ3v) is 3.70. The van der Waals surface area contributed by atoms with Gasteiger partial charge in [-0.1, -0.05) is 36.7 Å². The fourth-order valence-electron chi connectivity index (χ4n) is 2.26. The van der Waals surface area contributed by atoms with E-state index in [9.17, 15) is 4.79 Å². The number of halogens is 1. The molecule has 26 heavy (non-hydrogen) atoms. The highest BCUT2D eigenvalue weighted by Crippen LogP contribution is 2.36. The maximum Gasteiger partial charge on any atom is 0.251 e. The van der Waals surface area contributed by atoms with Crippen LogP contribution in [0.25, 0.3) is 0 Å². The lowest BCUT2D eigenvalue weighted by Crippen LogP contribution is -2.28. The van der Waals surface area contributed by atoms with Gasteiger partial charge in [0.05, 0.1) is 24.8 Å². The monoisotopic (exact) mass is 377 g/mol. The van der Waals surface area contributed by atoms with Gasteiger partial charge in [0.15, 0.2) is 11.5 Å². The Morgan fingerprint density at radius 1 is 1.04 bits per heavy atom. The van der Waals surface area contributed by atoms with E-state index in [1.165, 1.54) is 0 Å². The van der Waals surface area contributed by atoms with Crippen LogP contribution in [0, 0.1) is 0 Å². The first-order valence-electron chi connectivity index (χ1n) is 8.70. The Balaban J connectivity index is 1.96. The van der Waals surface area contributed by atoms with E-state index in [1.54, 1.807) is 12.1 Å². The minimum Gasteiger partial charge on any atom is -0.492 e. The molecule has 2 aromatic carbocycles. The van der Waals surface area contributed by atoms with Crippen LogP contribution in [0.4, 0.5) is 0 Å². The number of benzene rings is 2. The molecule has 0 aliphatic heterocycles. The number of carbonyl (C=O) groups is 1. The molecule has 6 heteroatoms. The molecule has 0 spiro atoms. The van der Waals surface area contributed by atoms with Crippen molar-refractivity contribution >= 4 is 17.5 Å². The zero-order chi connectivity index (χ0) is 18.8. The van der Waals surface area contributed by atoms with Gasteiger partial charge in [-0.15, -0.1) is 0 Å². The van der Waals surface area contributed by atoms with E-state index in [2.05, 4.69) is 5.32 Å². The molecule has 0 saturated heterocycles. The average molecular weight is 378 g/mol. The minimum absolute atomic E-state index is 0.244. The van der Waals surface area contributed by atoms with E-state index in [1.807, 2.05) is 44.2 Å². The zero-order valence-electron chi connectivity index (χ0n) is 15.1. The molecule has 0 aliphatic rings. The fourth-order valence-corrected chi connectivity index (χ4v) is 2.52. The molecule has 0 unspecified atom stereocenters. The number of amides is 1. The fraction of sp³-hybridized carbons (Fsp3) is 0.350. The first-order chi connectivity index (χ1) is 12.7. The summed E-state index contributed by atoms with van der Waals surface area (Å²) in [5, 5.41) is 3.17. The molecule has 0 atom stereocenters. The molecule has 2 aromatic rings. The predicted octanol–water partition coefficient (Wildman–Crippen LogP) is 4.34. The van der Waals surface area contributed by atoms with Crippen molar-refractivity contribution in [2.75, 3.05) is 26.4 Å². The third-order valence-electron chi connectivity index (χ3n) is 3.42. The predicted molar refractivity (Wildman–Crippen MR) is 103 cm³/mol. The lowest BCUT2D eigenvalue weighted by molar-refractivity contribution is 0.0946. The van der Waals surface area contributed by atoms with Gasteiger partial charge in [0.25, 0.3) is 5.91 Å². The Hall–Kier alpha value is -2.40. The topological polar surface area (TPSA) is 56.8 Å². The van der Waals surface area contributed by atoms with E-state index < -0.39 is 0 Å². The SMILES string of the molecule is CCCOc1c(Cl)cc(C(=O)NCCOc2ccccc2)cc1OCC. The maximum atomic E-state index is 12.4. The summed E-state index contributed by atoms with van der Waals surface area (Å²) in [5.74, 6) is 1.46. The highest BCUT2D eigenvalue weighted by atomic mass is 35.5. The summed E-state index contributed by atoms with van der Waals surface area (Å²) >= 11 is 6.28. The van der Waals surface area contributed by atoms with Crippen molar-refractivity contribution in [1.82, 2.24) is 5.32 Å². The van der Waals surface area contributed by atoms with Gasteiger partial charge in [0.1, 0.15) is 12.4 Å². The van der Waals surface area contributed by atoms with Crippen molar-refractivity contribution in [3.05, 3.63) is 53.1 Å². The van der Waals surface area contributed by atoms with Crippen LogP contribution in [0.2, 0.25) is 5.02 Å². The third kappa shape index (κ3) is 5.85. The summed E-state index contributed by atoms with van der Waals surface area (Å²) in [6.45, 7) is 5.61. The van der Waals surface area contributed by atoms with E-state index in [0.717, 1.165) is 12.2 Å². The summed E-state index contributed by atoms with van der Waals surface area (Å²) in [7, 11) is 0. The van der Waals surface area contributed by atoms with Gasteiger partial charge >= 0.3 is 0 Å². The van der Waals surface area contributed by atoms with E-state index in [0.29, 0.717) is 48.5 Å². The van der Waals surface area contributed by atoms with E-state index in [4.69, 9.17) is 25.8 Å². The normalized spacial score (nSPS) is 10.3. The summed E-state index contributed by atoms with van der Waals surface area (Å²) in [4.78, 5) is 12.4. The van der Waals surface area contributed by atoms with Gasteiger partial charge in [0, 0.05) is 5.56 Å². The number of ether oxygens (including phenoxy) is 3. The molecule has 0 heterocycles. The Morgan fingerprint density at radius 2 is 1.81 bits per heavy atom. The smallest absolute Gasteiger partial charge is 0.251 e. The summed E-state index contributed by atoms with van der Waals surface area (Å²) in [6.07, 6.45) is 0.853. The second-order valence-corrected chi connectivity index (χ2v) is 5.89. The van der Waals surface area contributed by atoms with Crippen molar-refractivity contribution in [3.8, 4) is 17.2 Å². The molecule has 0 bridgehead atoms. The highest BCUT2D eigenvalue weighted by Gasteiger charge is 2.16. The number of rotatable bonds is 10. The lowest BCUT2D eigenvalue weighted by atomic mass is 10.2. The quantitative estimate of drug-likeness (QED) is 0.626. The van der Waals surface area contributed by atoms with Gasteiger partial charge in [-0.3, -0.25) is 4.79 Å².